The highest BCUT2D eigenvalue weighted by Gasteiger charge is 2.45. The number of hydrogen-bond donors (Lipinski definition) is 3. The van der Waals surface area contributed by atoms with Crippen LogP contribution in [0.4, 0.5) is 11.4 Å². The van der Waals surface area contributed by atoms with Crippen molar-refractivity contribution in [2.75, 3.05) is 17.6 Å². The molecular weight excluding hydrogens is 420 g/mol. The summed E-state index contributed by atoms with van der Waals surface area (Å²) < 4.78 is 6.77. The Morgan fingerprint density at radius 1 is 1.27 bits per heavy atom. The minimum absolute atomic E-state index is 0.114. The Balaban J connectivity index is 1.68. The average Bonchev–Trinajstić information content (AvgIpc) is 3.13. The van der Waals surface area contributed by atoms with Crippen LogP contribution in [0.1, 0.15) is 50.3 Å². The summed E-state index contributed by atoms with van der Waals surface area (Å²) in [6.07, 6.45) is 1.13. The first-order valence-electron chi connectivity index (χ1n) is 11.4. The maximum absolute atomic E-state index is 13.3. The molecule has 172 valence electrons. The van der Waals surface area contributed by atoms with Crippen molar-refractivity contribution in [1.82, 2.24) is 9.55 Å². The molecule has 33 heavy (non-hydrogen) atoms. The van der Waals surface area contributed by atoms with Crippen molar-refractivity contribution in [1.29, 1.82) is 0 Å². The summed E-state index contributed by atoms with van der Waals surface area (Å²) in [5.74, 6) is -0.158. The quantitative estimate of drug-likeness (QED) is 0.317. The van der Waals surface area contributed by atoms with Crippen molar-refractivity contribution >= 4 is 28.2 Å². The number of aromatic nitrogens is 2. The van der Waals surface area contributed by atoms with Gasteiger partial charge >= 0.3 is 5.97 Å². The Kier molecular flexibility index (Phi) is 4.93. The van der Waals surface area contributed by atoms with Gasteiger partial charge in [-0.15, -0.1) is 0 Å². The molecule has 4 heterocycles. The number of ether oxygens (including phenoxy) is 1. The molecule has 0 amide bonds. The number of nitrogens with zero attached hydrogens (tertiary/aromatic N) is 2. The number of carbonyl (C=O) groups excluding carboxylic acids is 1. The van der Waals surface area contributed by atoms with E-state index in [9.17, 15) is 14.7 Å². The van der Waals surface area contributed by atoms with Gasteiger partial charge in [-0.2, -0.15) is 0 Å². The second-order valence-corrected chi connectivity index (χ2v) is 9.35. The Morgan fingerprint density at radius 3 is 2.79 bits per heavy atom. The number of cyclic esters (lactones) is 1. The second kappa shape index (κ2) is 7.59. The van der Waals surface area contributed by atoms with Gasteiger partial charge in [-0.1, -0.05) is 20.8 Å². The van der Waals surface area contributed by atoms with E-state index in [-0.39, 0.29) is 18.6 Å². The number of esters is 1. The molecular formula is C25H28N4O4. The van der Waals surface area contributed by atoms with E-state index in [4.69, 9.17) is 15.5 Å². The van der Waals surface area contributed by atoms with Crippen molar-refractivity contribution in [2.45, 2.75) is 52.4 Å². The number of aliphatic hydroxyl groups is 1. The zero-order valence-electron chi connectivity index (χ0n) is 19.1. The van der Waals surface area contributed by atoms with Crippen LogP contribution in [0, 0.1) is 5.92 Å². The minimum atomic E-state index is -1.83. The molecule has 4 N–H and O–H groups in total. The maximum Gasteiger partial charge on any atom is 0.343 e. The fourth-order valence-electron chi connectivity index (χ4n) is 4.75. The maximum atomic E-state index is 13.3. The Morgan fingerprint density at radius 2 is 2.06 bits per heavy atom. The highest BCUT2D eigenvalue weighted by atomic mass is 16.6. The molecule has 0 saturated carbocycles. The summed E-state index contributed by atoms with van der Waals surface area (Å²) in [7, 11) is 0. The van der Waals surface area contributed by atoms with Crippen LogP contribution < -0.4 is 16.6 Å². The van der Waals surface area contributed by atoms with Crippen LogP contribution in [0.2, 0.25) is 0 Å². The monoisotopic (exact) mass is 448 g/mol. The molecule has 0 saturated heterocycles. The van der Waals surface area contributed by atoms with Gasteiger partial charge in [0.1, 0.15) is 6.61 Å². The number of anilines is 2. The molecule has 8 nitrogen and oxygen atoms in total. The first-order valence-corrected chi connectivity index (χ1v) is 11.4. The molecule has 2 aliphatic rings. The Labute approximate surface area is 191 Å². The van der Waals surface area contributed by atoms with Crippen LogP contribution in [0.25, 0.3) is 22.3 Å². The van der Waals surface area contributed by atoms with Crippen molar-refractivity contribution in [2.24, 2.45) is 5.92 Å². The van der Waals surface area contributed by atoms with Crippen LogP contribution in [-0.4, -0.2) is 27.2 Å². The zero-order chi connectivity index (χ0) is 23.5. The lowest BCUT2D eigenvalue weighted by Gasteiger charge is -2.31. The molecule has 0 aliphatic carbocycles. The van der Waals surface area contributed by atoms with Crippen molar-refractivity contribution in [3.63, 3.8) is 0 Å². The van der Waals surface area contributed by atoms with Gasteiger partial charge in [0.2, 0.25) is 0 Å². The highest BCUT2D eigenvalue weighted by Crippen LogP contribution is 2.39. The smallest absolute Gasteiger partial charge is 0.343 e. The Hall–Kier alpha value is -3.39. The standard InChI is InChI=1S/C25H28N4O4/c1-4-25(32)18-10-20-22-15(11-29(20)23(30)17(18)12-33-24(25)31)7-14-8-16(26)9-19(21(14)28-22)27-6-5-13(2)3/h7-10,13,27,32H,4-6,11-12,26H2,1-3H3/t25-/m0/s1. The van der Waals surface area contributed by atoms with E-state index >= 15 is 0 Å². The number of nitrogen functional groups attached to an aromatic ring is 1. The van der Waals surface area contributed by atoms with Gasteiger partial charge in [0, 0.05) is 28.7 Å². The summed E-state index contributed by atoms with van der Waals surface area (Å²) >= 11 is 0. The summed E-state index contributed by atoms with van der Waals surface area (Å²) in [6, 6.07) is 7.51. The number of hydrogen-bond acceptors (Lipinski definition) is 7. The van der Waals surface area contributed by atoms with Gasteiger partial charge in [0.05, 0.1) is 34.7 Å². The number of pyridine rings is 2. The SMILES string of the molecule is CC[C@@]1(O)C(=O)OCc2c1cc1n(c2=O)Cc2cc3cc(N)cc(NCCC(C)C)c3nc2-1. The predicted molar refractivity (Wildman–Crippen MR) is 127 cm³/mol. The Bertz CT molecular complexity index is 1360. The largest absolute Gasteiger partial charge is 0.458 e. The van der Waals surface area contributed by atoms with Crippen LogP contribution >= 0.6 is 0 Å². The molecule has 2 aromatic heterocycles. The number of nitrogens with two attached hydrogens (primary N) is 1. The summed E-state index contributed by atoms with van der Waals surface area (Å²) in [6.45, 7) is 7.06. The molecule has 1 atom stereocenters. The van der Waals surface area contributed by atoms with Crippen LogP contribution in [0.15, 0.2) is 29.1 Å². The summed E-state index contributed by atoms with van der Waals surface area (Å²) in [5.41, 5.74) is 9.13. The van der Waals surface area contributed by atoms with E-state index in [2.05, 4.69) is 19.2 Å². The second-order valence-electron chi connectivity index (χ2n) is 9.35. The van der Waals surface area contributed by atoms with Crippen molar-refractivity contribution in [3.05, 3.63) is 51.3 Å². The van der Waals surface area contributed by atoms with Gasteiger partial charge in [0.15, 0.2) is 5.60 Å². The number of carbonyl (C=O) groups is 1. The predicted octanol–water partition coefficient (Wildman–Crippen LogP) is 3.12. The van der Waals surface area contributed by atoms with Gasteiger partial charge in [-0.25, -0.2) is 9.78 Å². The third kappa shape index (κ3) is 3.28. The van der Waals surface area contributed by atoms with Crippen molar-refractivity contribution in [3.8, 4) is 11.4 Å². The summed E-state index contributed by atoms with van der Waals surface area (Å²) in [4.78, 5) is 30.6. The topological polar surface area (TPSA) is 119 Å². The van der Waals surface area contributed by atoms with E-state index in [1.165, 1.54) is 0 Å². The van der Waals surface area contributed by atoms with Crippen LogP contribution in [-0.2, 0) is 28.3 Å². The lowest BCUT2D eigenvalue weighted by Crippen LogP contribution is -2.44. The highest BCUT2D eigenvalue weighted by molar-refractivity contribution is 5.96. The molecule has 0 fully saturated rings. The number of benzene rings is 1. The van der Waals surface area contributed by atoms with Crippen LogP contribution in [0.5, 0.6) is 0 Å². The molecule has 0 spiro atoms. The molecule has 0 radical (unpaired) electrons. The first-order chi connectivity index (χ1) is 15.7. The van der Waals surface area contributed by atoms with E-state index in [1.54, 1.807) is 17.6 Å². The van der Waals surface area contributed by atoms with Crippen molar-refractivity contribution < 1.29 is 14.6 Å². The molecule has 5 rings (SSSR count). The van der Waals surface area contributed by atoms with E-state index in [0.717, 1.165) is 35.1 Å². The van der Waals surface area contributed by atoms with Gasteiger partial charge in [-0.3, -0.25) is 4.79 Å². The van der Waals surface area contributed by atoms with E-state index < -0.39 is 11.6 Å². The third-order valence-electron chi connectivity index (χ3n) is 6.67. The number of fused-ring (bicyclic) bond motifs is 5. The summed E-state index contributed by atoms with van der Waals surface area (Å²) in [5, 5.41) is 15.4. The van der Waals surface area contributed by atoms with Crippen LogP contribution in [0.3, 0.4) is 0 Å². The fraction of sp³-hybridized carbons (Fsp3) is 0.400. The first kappa shape index (κ1) is 21.5. The zero-order valence-corrected chi connectivity index (χ0v) is 19.1. The van der Waals surface area contributed by atoms with Gasteiger partial charge in [-0.05, 0) is 43.0 Å². The minimum Gasteiger partial charge on any atom is -0.458 e. The van der Waals surface area contributed by atoms with Gasteiger partial charge in [0.25, 0.3) is 5.56 Å². The lowest BCUT2D eigenvalue weighted by molar-refractivity contribution is -0.172. The van der Waals surface area contributed by atoms with Gasteiger partial charge < -0.3 is 25.5 Å². The average molecular weight is 449 g/mol. The molecule has 0 unspecified atom stereocenters. The molecule has 0 bridgehead atoms. The normalized spacial score (nSPS) is 18.8. The third-order valence-corrected chi connectivity index (χ3v) is 6.67. The molecule has 1 aromatic carbocycles. The van der Waals surface area contributed by atoms with E-state index in [1.807, 2.05) is 18.2 Å². The fourth-order valence-corrected chi connectivity index (χ4v) is 4.75. The molecule has 8 heteroatoms. The molecule has 3 aromatic rings. The number of rotatable bonds is 5. The lowest BCUT2D eigenvalue weighted by atomic mass is 9.86. The molecule has 2 aliphatic heterocycles. The van der Waals surface area contributed by atoms with E-state index in [0.29, 0.717) is 40.7 Å². The number of nitrogens with one attached hydrogen (secondary N) is 1.